The van der Waals surface area contributed by atoms with Gasteiger partial charge in [-0.3, -0.25) is 14.6 Å². The van der Waals surface area contributed by atoms with E-state index >= 15 is 0 Å². The Hall–Kier alpha value is -0.990. The summed E-state index contributed by atoms with van der Waals surface area (Å²) >= 11 is 0. The Bertz CT molecular complexity index is 450. The second kappa shape index (κ2) is 4.04. The highest BCUT2D eigenvalue weighted by molar-refractivity contribution is 5.30. The molecule has 0 aromatic carbocycles. The first kappa shape index (κ1) is 14.1. The molecule has 0 amide bonds. The Balaban J connectivity index is 3.61. The first-order chi connectivity index (χ1) is 7.46. The van der Waals surface area contributed by atoms with Crippen molar-refractivity contribution in [2.75, 3.05) is 0 Å². The quantitative estimate of drug-likeness (QED) is 0.800. The predicted octanol–water partition coefficient (Wildman–Crippen LogP) is 3.35. The molecule has 0 bridgehead atoms. The Morgan fingerprint density at radius 3 is 1.71 bits per heavy atom. The molecule has 1 aromatic rings. The number of hydrogen-bond donors (Lipinski definition) is 1. The standard InChI is InChI=1S/C14H26N2O/c1-9(2)16-12(17)10(13(3,4)5)11(15-16)14(6,7)8/h9,15H,1-8H3. The molecule has 17 heavy (non-hydrogen) atoms. The van der Waals surface area contributed by atoms with Crippen LogP contribution < -0.4 is 5.56 Å². The Morgan fingerprint density at radius 2 is 1.47 bits per heavy atom. The van der Waals surface area contributed by atoms with Crippen molar-refractivity contribution in [2.45, 2.75) is 72.3 Å². The first-order valence-electron chi connectivity index (χ1n) is 6.31. The lowest BCUT2D eigenvalue weighted by molar-refractivity contribution is 0.485. The lowest BCUT2D eigenvalue weighted by Gasteiger charge is -2.24. The van der Waals surface area contributed by atoms with E-state index in [0.29, 0.717) is 0 Å². The second-order valence-corrected chi connectivity index (χ2v) is 7.13. The molecule has 98 valence electrons. The van der Waals surface area contributed by atoms with Gasteiger partial charge in [0.05, 0.1) is 0 Å². The van der Waals surface area contributed by atoms with Crippen molar-refractivity contribution in [3.05, 3.63) is 21.6 Å². The van der Waals surface area contributed by atoms with Gasteiger partial charge in [0.1, 0.15) is 0 Å². The fraction of sp³-hybridized carbons (Fsp3) is 0.786. The topological polar surface area (TPSA) is 37.8 Å². The molecule has 1 heterocycles. The minimum Gasteiger partial charge on any atom is -0.299 e. The van der Waals surface area contributed by atoms with Crippen LogP contribution in [-0.4, -0.2) is 9.78 Å². The van der Waals surface area contributed by atoms with Gasteiger partial charge in [-0.15, -0.1) is 0 Å². The van der Waals surface area contributed by atoms with Crippen LogP contribution >= 0.6 is 0 Å². The lowest BCUT2D eigenvalue weighted by Crippen LogP contribution is -2.28. The Labute approximate surface area is 104 Å². The summed E-state index contributed by atoms with van der Waals surface area (Å²) in [6, 6.07) is 0.166. The van der Waals surface area contributed by atoms with Crippen LogP contribution in [-0.2, 0) is 10.8 Å². The summed E-state index contributed by atoms with van der Waals surface area (Å²) in [6.07, 6.45) is 0. The van der Waals surface area contributed by atoms with Gasteiger partial charge in [-0.25, -0.2) is 0 Å². The molecule has 0 saturated carbocycles. The monoisotopic (exact) mass is 238 g/mol. The maximum atomic E-state index is 12.5. The minimum atomic E-state index is -0.129. The normalized spacial score (nSPS) is 13.5. The minimum absolute atomic E-state index is 0.0398. The van der Waals surface area contributed by atoms with E-state index in [9.17, 15) is 4.79 Å². The van der Waals surface area contributed by atoms with E-state index in [1.54, 1.807) is 4.68 Å². The van der Waals surface area contributed by atoms with Gasteiger partial charge < -0.3 is 0 Å². The molecule has 1 aromatic heterocycles. The largest absolute Gasteiger partial charge is 0.299 e. The third-order valence-electron chi connectivity index (χ3n) is 2.93. The van der Waals surface area contributed by atoms with Crippen molar-refractivity contribution >= 4 is 0 Å². The maximum Gasteiger partial charge on any atom is 0.270 e. The maximum absolute atomic E-state index is 12.5. The molecule has 3 heteroatoms. The molecule has 0 atom stereocenters. The summed E-state index contributed by atoms with van der Waals surface area (Å²) in [5.74, 6) is 0. The van der Waals surface area contributed by atoms with E-state index in [2.05, 4.69) is 46.6 Å². The average Bonchev–Trinajstić information content (AvgIpc) is 2.40. The highest BCUT2D eigenvalue weighted by atomic mass is 16.1. The van der Waals surface area contributed by atoms with Gasteiger partial charge >= 0.3 is 0 Å². The fourth-order valence-electron chi connectivity index (χ4n) is 2.06. The SMILES string of the molecule is CC(C)n1[nH]c(C(C)(C)C)c(C(C)(C)C)c1=O. The Morgan fingerprint density at radius 1 is 1.00 bits per heavy atom. The summed E-state index contributed by atoms with van der Waals surface area (Å²) in [7, 11) is 0. The van der Waals surface area contributed by atoms with E-state index in [4.69, 9.17) is 0 Å². The molecule has 0 aliphatic rings. The van der Waals surface area contributed by atoms with Gasteiger partial charge in [-0.1, -0.05) is 41.5 Å². The zero-order chi connectivity index (χ0) is 13.6. The first-order valence-corrected chi connectivity index (χ1v) is 6.31. The summed E-state index contributed by atoms with van der Waals surface area (Å²) in [5, 5.41) is 3.30. The summed E-state index contributed by atoms with van der Waals surface area (Å²) < 4.78 is 1.74. The molecule has 0 fully saturated rings. The van der Waals surface area contributed by atoms with E-state index < -0.39 is 0 Å². The van der Waals surface area contributed by atoms with Crippen molar-refractivity contribution in [3.63, 3.8) is 0 Å². The molecule has 3 nitrogen and oxygen atoms in total. The summed E-state index contributed by atoms with van der Waals surface area (Å²) in [4.78, 5) is 12.5. The van der Waals surface area contributed by atoms with Gasteiger partial charge in [0, 0.05) is 22.7 Å². The molecule has 0 unspecified atom stereocenters. The number of aromatic amines is 1. The summed E-state index contributed by atoms with van der Waals surface area (Å²) in [6.45, 7) is 16.7. The molecule has 0 aliphatic heterocycles. The molecule has 1 N–H and O–H groups in total. The average molecular weight is 238 g/mol. The van der Waals surface area contributed by atoms with Crippen LogP contribution in [0, 0.1) is 0 Å². The van der Waals surface area contributed by atoms with E-state index in [1.165, 1.54) is 0 Å². The molecule has 1 rings (SSSR count). The van der Waals surface area contributed by atoms with E-state index in [1.807, 2.05) is 13.8 Å². The van der Waals surface area contributed by atoms with Gasteiger partial charge in [0.25, 0.3) is 5.56 Å². The number of rotatable bonds is 1. The third-order valence-corrected chi connectivity index (χ3v) is 2.93. The smallest absolute Gasteiger partial charge is 0.270 e. The molecular weight excluding hydrogens is 212 g/mol. The van der Waals surface area contributed by atoms with Crippen LogP contribution in [0.4, 0.5) is 0 Å². The van der Waals surface area contributed by atoms with Crippen molar-refractivity contribution in [1.82, 2.24) is 9.78 Å². The fourth-order valence-corrected chi connectivity index (χ4v) is 2.06. The third kappa shape index (κ3) is 2.64. The zero-order valence-electron chi connectivity index (χ0n) is 12.4. The van der Waals surface area contributed by atoms with Gasteiger partial charge in [0.15, 0.2) is 0 Å². The molecule has 0 spiro atoms. The number of aromatic nitrogens is 2. The molecular formula is C14H26N2O. The highest BCUT2D eigenvalue weighted by Gasteiger charge is 2.31. The van der Waals surface area contributed by atoms with Crippen molar-refractivity contribution in [2.24, 2.45) is 0 Å². The van der Waals surface area contributed by atoms with Crippen LogP contribution in [0.25, 0.3) is 0 Å². The number of hydrogen-bond acceptors (Lipinski definition) is 1. The van der Waals surface area contributed by atoms with Crippen molar-refractivity contribution in [3.8, 4) is 0 Å². The van der Waals surface area contributed by atoms with Gasteiger partial charge in [-0.2, -0.15) is 0 Å². The highest BCUT2D eigenvalue weighted by Crippen LogP contribution is 2.30. The molecule has 0 aliphatic carbocycles. The molecule has 0 saturated heterocycles. The van der Waals surface area contributed by atoms with Crippen LogP contribution in [0.2, 0.25) is 0 Å². The zero-order valence-corrected chi connectivity index (χ0v) is 12.4. The van der Waals surface area contributed by atoms with E-state index in [-0.39, 0.29) is 22.4 Å². The summed E-state index contributed by atoms with van der Waals surface area (Å²) in [5.41, 5.74) is 1.93. The predicted molar refractivity (Wildman–Crippen MR) is 72.8 cm³/mol. The van der Waals surface area contributed by atoms with Crippen LogP contribution in [0.5, 0.6) is 0 Å². The van der Waals surface area contributed by atoms with Crippen molar-refractivity contribution in [1.29, 1.82) is 0 Å². The molecule has 0 radical (unpaired) electrons. The van der Waals surface area contributed by atoms with Crippen LogP contribution in [0.3, 0.4) is 0 Å². The van der Waals surface area contributed by atoms with Crippen molar-refractivity contribution < 1.29 is 0 Å². The number of nitrogens with zero attached hydrogens (tertiary/aromatic N) is 1. The van der Waals surface area contributed by atoms with Gasteiger partial charge in [0.2, 0.25) is 0 Å². The number of H-pyrrole nitrogens is 1. The van der Waals surface area contributed by atoms with Gasteiger partial charge in [-0.05, 0) is 19.3 Å². The van der Waals surface area contributed by atoms with Crippen LogP contribution in [0.15, 0.2) is 4.79 Å². The second-order valence-electron chi connectivity index (χ2n) is 7.13. The van der Waals surface area contributed by atoms with Crippen LogP contribution in [0.1, 0.15) is 72.7 Å². The number of nitrogens with one attached hydrogen (secondary N) is 1. The van der Waals surface area contributed by atoms with E-state index in [0.717, 1.165) is 11.3 Å². The Kier molecular flexibility index (Phi) is 3.34. The lowest BCUT2D eigenvalue weighted by atomic mass is 9.79.